The molecule has 1 heterocycles. The van der Waals surface area contributed by atoms with Gasteiger partial charge in [0.1, 0.15) is 0 Å². The Hall–Kier alpha value is -1.60. The molecular weight excluding hydrogens is 362 g/mol. The van der Waals surface area contributed by atoms with Gasteiger partial charge in [0, 0.05) is 26.7 Å². The number of aliphatic hydroxyl groups is 1. The molecule has 1 saturated heterocycles. The number of benzene rings is 1. The van der Waals surface area contributed by atoms with Crippen LogP contribution in [0.3, 0.4) is 0 Å². The Labute approximate surface area is 162 Å². The summed E-state index contributed by atoms with van der Waals surface area (Å²) in [6.07, 6.45) is 3.92. The molecule has 1 saturated carbocycles. The van der Waals surface area contributed by atoms with E-state index in [9.17, 15) is 13.5 Å². The Balaban J connectivity index is 1.66. The third-order valence-corrected chi connectivity index (χ3v) is 8.54. The number of guanidine groups is 1. The Bertz CT molecular complexity index is 768. The maximum Gasteiger partial charge on any atom is 0.193 e. The van der Waals surface area contributed by atoms with Crippen molar-refractivity contribution in [2.75, 3.05) is 32.4 Å². The van der Waals surface area contributed by atoms with Gasteiger partial charge in [-0.2, -0.15) is 0 Å². The molecule has 1 aromatic carbocycles. The van der Waals surface area contributed by atoms with E-state index in [1.165, 1.54) is 0 Å². The number of hydrogen-bond donors (Lipinski definition) is 2. The number of sulfone groups is 1. The second kappa shape index (κ2) is 8.19. The van der Waals surface area contributed by atoms with Crippen LogP contribution in [0, 0.1) is 6.92 Å². The van der Waals surface area contributed by atoms with Gasteiger partial charge in [-0.1, -0.05) is 49.1 Å². The van der Waals surface area contributed by atoms with Crippen LogP contribution in [-0.2, 0) is 9.84 Å². The minimum atomic E-state index is -3.07. The predicted molar refractivity (Wildman–Crippen MR) is 109 cm³/mol. The van der Waals surface area contributed by atoms with E-state index in [0.717, 1.165) is 43.2 Å². The second-order valence-electron chi connectivity index (χ2n) is 7.84. The molecule has 3 rings (SSSR count). The maximum atomic E-state index is 12.8. The van der Waals surface area contributed by atoms with Gasteiger partial charge < -0.3 is 15.3 Å². The van der Waals surface area contributed by atoms with Crippen molar-refractivity contribution in [3.8, 4) is 0 Å². The van der Waals surface area contributed by atoms with Crippen molar-refractivity contribution in [2.45, 2.75) is 49.9 Å². The Morgan fingerprint density at radius 3 is 2.56 bits per heavy atom. The zero-order chi connectivity index (χ0) is 19.5. The van der Waals surface area contributed by atoms with Crippen molar-refractivity contribution in [1.82, 2.24) is 10.2 Å². The molecule has 1 atom stereocenters. The molecule has 1 spiro atoms. The first-order valence-electron chi connectivity index (χ1n) is 9.79. The van der Waals surface area contributed by atoms with Gasteiger partial charge in [-0.3, -0.25) is 4.99 Å². The summed E-state index contributed by atoms with van der Waals surface area (Å²) in [4.78, 5) is 6.39. The van der Waals surface area contributed by atoms with Gasteiger partial charge in [0.25, 0.3) is 0 Å². The van der Waals surface area contributed by atoms with Crippen LogP contribution in [0.5, 0.6) is 0 Å². The molecule has 2 aliphatic rings. The van der Waals surface area contributed by atoms with Crippen molar-refractivity contribution in [3.05, 3.63) is 35.4 Å². The minimum Gasteiger partial charge on any atom is -0.387 e. The van der Waals surface area contributed by atoms with E-state index in [2.05, 4.69) is 10.3 Å². The van der Waals surface area contributed by atoms with Crippen LogP contribution in [0.4, 0.5) is 0 Å². The molecule has 150 valence electrons. The molecule has 0 amide bonds. The third kappa shape index (κ3) is 4.29. The Kier molecular flexibility index (Phi) is 6.11. The number of hydrogen-bond acceptors (Lipinski definition) is 4. The fourth-order valence-electron chi connectivity index (χ4n) is 4.24. The molecule has 2 fully saturated rings. The fraction of sp³-hybridized carbons (Fsp3) is 0.650. The number of aliphatic imine (C=N–C) groups is 1. The average Bonchev–Trinajstić information content (AvgIpc) is 2.66. The highest BCUT2D eigenvalue weighted by atomic mass is 32.2. The molecule has 1 aliphatic heterocycles. The first kappa shape index (κ1) is 20.1. The number of rotatable bonds is 3. The van der Waals surface area contributed by atoms with Crippen LogP contribution in [0.2, 0.25) is 0 Å². The Morgan fingerprint density at radius 2 is 1.93 bits per heavy atom. The van der Waals surface area contributed by atoms with E-state index in [1.807, 2.05) is 36.1 Å². The Morgan fingerprint density at radius 1 is 1.26 bits per heavy atom. The fourth-order valence-corrected chi connectivity index (χ4v) is 6.40. The summed E-state index contributed by atoms with van der Waals surface area (Å²) in [5.41, 5.74) is 2.01. The molecule has 6 nitrogen and oxygen atoms in total. The van der Waals surface area contributed by atoms with Crippen molar-refractivity contribution >= 4 is 15.8 Å². The monoisotopic (exact) mass is 393 g/mol. The zero-order valence-corrected chi connectivity index (χ0v) is 17.1. The average molecular weight is 394 g/mol. The van der Waals surface area contributed by atoms with Gasteiger partial charge in [-0.25, -0.2) is 8.42 Å². The van der Waals surface area contributed by atoms with Crippen LogP contribution in [0.25, 0.3) is 0 Å². The minimum absolute atomic E-state index is 0.175. The summed E-state index contributed by atoms with van der Waals surface area (Å²) in [5.74, 6) is 0.842. The van der Waals surface area contributed by atoms with Crippen LogP contribution in [0.1, 0.15) is 49.3 Å². The van der Waals surface area contributed by atoms with Crippen LogP contribution in [0.15, 0.2) is 29.3 Å². The predicted octanol–water partition coefficient (Wildman–Crippen LogP) is 2.04. The zero-order valence-electron chi connectivity index (χ0n) is 16.3. The topological polar surface area (TPSA) is 82.0 Å². The van der Waals surface area contributed by atoms with E-state index >= 15 is 0 Å². The summed E-state index contributed by atoms with van der Waals surface area (Å²) in [7, 11) is -1.37. The van der Waals surface area contributed by atoms with E-state index in [1.54, 1.807) is 7.05 Å². The van der Waals surface area contributed by atoms with Gasteiger partial charge in [0.15, 0.2) is 15.8 Å². The lowest BCUT2D eigenvalue weighted by molar-refractivity contribution is 0.178. The number of nitrogens with zero attached hydrogens (tertiary/aromatic N) is 2. The standard InChI is InChI=1S/C20H31N3O3S/c1-16-6-8-17(9-7-16)18(24)14-22-19(21-2)23-12-13-27(25,26)20(15-23)10-4-3-5-11-20/h6-9,18,24H,3-5,10-15H2,1-2H3,(H,21,22). The molecule has 27 heavy (non-hydrogen) atoms. The van der Waals surface area contributed by atoms with Gasteiger partial charge in [-0.05, 0) is 25.3 Å². The summed E-state index contributed by atoms with van der Waals surface area (Å²) < 4.78 is 24.9. The summed E-state index contributed by atoms with van der Waals surface area (Å²) in [6, 6.07) is 7.81. The molecule has 1 aliphatic carbocycles. The lowest BCUT2D eigenvalue weighted by Gasteiger charge is -2.45. The summed E-state index contributed by atoms with van der Waals surface area (Å²) >= 11 is 0. The van der Waals surface area contributed by atoms with Gasteiger partial charge in [-0.15, -0.1) is 0 Å². The van der Waals surface area contributed by atoms with Crippen molar-refractivity contribution < 1.29 is 13.5 Å². The quantitative estimate of drug-likeness (QED) is 0.607. The summed E-state index contributed by atoms with van der Waals surface area (Å²) in [5, 5.41) is 13.7. The highest BCUT2D eigenvalue weighted by Gasteiger charge is 2.48. The molecule has 0 radical (unpaired) electrons. The largest absolute Gasteiger partial charge is 0.387 e. The van der Waals surface area contributed by atoms with E-state index in [-0.39, 0.29) is 5.75 Å². The van der Waals surface area contributed by atoms with E-state index in [0.29, 0.717) is 25.6 Å². The summed E-state index contributed by atoms with van der Waals surface area (Å²) in [6.45, 7) is 3.30. The van der Waals surface area contributed by atoms with Crippen molar-refractivity contribution in [3.63, 3.8) is 0 Å². The second-order valence-corrected chi connectivity index (χ2v) is 10.3. The first-order chi connectivity index (χ1) is 12.9. The first-order valence-corrected chi connectivity index (χ1v) is 11.4. The van der Waals surface area contributed by atoms with Crippen molar-refractivity contribution in [1.29, 1.82) is 0 Å². The molecular formula is C20H31N3O3S. The van der Waals surface area contributed by atoms with Gasteiger partial charge >= 0.3 is 0 Å². The van der Waals surface area contributed by atoms with Gasteiger partial charge in [0.05, 0.1) is 16.6 Å². The molecule has 7 heteroatoms. The molecule has 0 bridgehead atoms. The van der Waals surface area contributed by atoms with Crippen LogP contribution >= 0.6 is 0 Å². The lowest BCUT2D eigenvalue weighted by Crippen LogP contribution is -2.60. The molecule has 0 aromatic heterocycles. The number of aliphatic hydroxyl groups excluding tert-OH is 1. The van der Waals surface area contributed by atoms with Crippen molar-refractivity contribution in [2.24, 2.45) is 4.99 Å². The SMILES string of the molecule is CN=C(NCC(O)c1ccc(C)cc1)N1CCS(=O)(=O)C2(CCCCC2)C1. The number of aryl methyl sites for hydroxylation is 1. The highest BCUT2D eigenvalue weighted by Crippen LogP contribution is 2.38. The smallest absolute Gasteiger partial charge is 0.193 e. The number of nitrogens with one attached hydrogen (secondary N) is 1. The van der Waals surface area contributed by atoms with Crippen LogP contribution in [-0.4, -0.2) is 61.6 Å². The molecule has 1 aromatic rings. The maximum absolute atomic E-state index is 12.8. The highest BCUT2D eigenvalue weighted by molar-refractivity contribution is 7.92. The van der Waals surface area contributed by atoms with Crippen LogP contribution < -0.4 is 5.32 Å². The van der Waals surface area contributed by atoms with E-state index < -0.39 is 20.7 Å². The van der Waals surface area contributed by atoms with Gasteiger partial charge in [0.2, 0.25) is 0 Å². The normalized spacial score (nSPS) is 23.2. The third-order valence-electron chi connectivity index (χ3n) is 5.96. The van der Waals surface area contributed by atoms with E-state index in [4.69, 9.17) is 0 Å². The molecule has 1 unspecified atom stereocenters. The lowest BCUT2D eigenvalue weighted by atomic mass is 9.87. The molecule has 2 N–H and O–H groups in total.